The van der Waals surface area contributed by atoms with Crippen molar-refractivity contribution in [3.8, 4) is 0 Å². The largest absolute Gasteiger partial charge is 0.463 e. The van der Waals surface area contributed by atoms with Crippen LogP contribution in [-0.4, -0.2) is 36.4 Å². The molecular weight excluding hydrogens is 332 g/mol. The highest BCUT2D eigenvalue weighted by atomic mass is 16.6. The van der Waals surface area contributed by atoms with Gasteiger partial charge in [0.1, 0.15) is 19.3 Å². The summed E-state index contributed by atoms with van der Waals surface area (Å²) in [5.41, 5.74) is 0.328. The summed E-state index contributed by atoms with van der Waals surface area (Å²) in [6.45, 7) is 16.5. The fourth-order valence-corrected chi connectivity index (χ4v) is 3.35. The highest BCUT2D eigenvalue weighted by Crippen LogP contribution is 2.27. The van der Waals surface area contributed by atoms with Crippen LogP contribution in [0.3, 0.4) is 0 Å². The fraction of sp³-hybridized carbons (Fsp3) is 0.905. The summed E-state index contributed by atoms with van der Waals surface area (Å²) < 4.78 is 10.2. The Morgan fingerprint density at radius 3 is 1.35 bits per heavy atom. The third kappa shape index (κ3) is 15.2. The summed E-state index contributed by atoms with van der Waals surface area (Å²) >= 11 is 0. The molecule has 154 valence electrons. The first-order chi connectivity index (χ1) is 11.7. The van der Waals surface area contributed by atoms with Crippen LogP contribution in [0, 0.1) is 22.7 Å². The molecule has 2 atom stereocenters. The second-order valence-electron chi connectivity index (χ2n) is 10.2. The van der Waals surface area contributed by atoms with Crippen molar-refractivity contribution in [3.05, 3.63) is 0 Å². The van der Waals surface area contributed by atoms with Crippen LogP contribution in [0.5, 0.6) is 0 Å². The van der Waals surface area contributed by atoms with E-state index in [2.05, 4.69) is 41.5 Å². The van der Waals surface area contributed by atoms with Crippen molar-refractivity contribution in [3.63, 3.8) is 0 Å². The number of carbonyl (C=O) groups is 2. The van der Waals surface area contributed by atoms with Crippen LogP contribution in [0.25, 0.3) is 0 Å². The second kappa shape index (κ2) is 10.9. The van der Waals surface area contributed by atoms with Gasteiger partial charge in [0.05, 0.1) is 0 Å². The summed E-state index contributed by atoms with van der Waals surface area (Å²) in [5, 5.41) is 9.83. The van der Waals surface area contributed by atoms with Gasteiger partial charge in [-0.1, -0.05) is 55.4 Å². The van der Waals surface area contributed by atoms with Crippen LogP contribution in [0.15, 0.2) is 0 Å². The molecule has 0 aliphatic carbocycles. The molecule has 0 aromatic rings. The Morgan fingerprint density at radius 1 is 0.769 bits per heavy atom. The molecule has 0 aliphatic rings. The van der Waals surface area contributed by atoms with E-state index < -0.39 is 6.10 Å². The van der Waals surface area contributed by atoms with Crippen molar-refractivity contribution in [1.82, 2.24) is 0 Å². The van der Waals surface area contributed by atoms with Gasteiger partial charge in [0.25, 0.3) is 0 Å². The van der Waals surface area contributed by atoms with Crippen molar-refractivity contribution in [2.45, 2.75) is 87.2 Å². The number of rotatable bonds is 10. The monoisotopic (exact) mass is 372 g/mol. The zero-order valence-electron chi connectivity index (χ0n) is 18.1. The first-order valence-corrected chi connectivity index (χ1v) is 9.67. The highest BCUT2D eigenvalue weighted by molar-refractivity contribution is 5.70. The molecule has 5 nitrogen and oxygen atoms in total. The van der Waals surface area contributed by atoms with Gasteiger partial charge in [-0.15, -0.1) is 0 Å². The number of aliphatic hydroxyl groups is 1. The number of aliphatic hydroxyl groups excluding tert-OH is 1. The van der Waals surface area contributed by atoms with Gasteiger partial charge in [-0.05, 0) is 35.5 Å². The first kappa shape index (κ1) is 24.9. The van der Waals surface area contributed by atoms with Crippen LogP contribution in [-0.2, 0) is 19.1 Å². The van der Waals surface area contributed by atoms with Gasteiger partial charge in [-0.25, -0.2) is 0 Å². The van der Waals surface area contributed by atoms with Gasteiger partial charge in [-0.3, -0.25) is 9.59 Å². The Labute approximate surface area is 159 Å². The van der Waals surface area contributed by atoms with E-state index in [-0.39, 0.29) is 47.8 Å². The molecule has 0 fully saturated rings. The maximum absolute atomic E-state index is 11.8. The van der Waals surface area contributed by atoms with Gasteiger partial charge in [0.2, 0.25) is 0 Å². The standard InChI is InChI=1S/C21H40O5/c1-15(11-20(3,4)5)9-18(23)25-13-17(22)14-26-19(24)10-16(2)12-21(6,7)8/h15-17,22H,9-14H2,1-8H3/t15-,16-/m0/s1. The van der Waals surface area contributed by atoms with E-state index in [0.29, 0.717) is 12.8 Å². The maximum atomic E-state index is 11.8. The molecular formula is C21H40O5. The van der Waals surface area contributed by atoms with Crippen LogP contribution in [0.4, 0.5) is 0 Å². The van der Waals surface area contributed by atoms with Gasteiger partial charge >= 0.3 is 11.9 Å². The Hall–Kier alpha value is -1.10. The average Bonchev–Trinajstić information content (AvgIpc) is 2.38. The maximum Gasteiger partial charge on any atom is 0.306 e. The van der Waals surface area contributed by atoms with E-state index in [9.17, 15) is 14.7 Å². The molecule has 0 heterocycles. The summed E-state index contributed by atoms with van der Waals surface area (Å²) in [5.74, 6) is -0.208. The van der Waals surface area contributed by atoms with Crippen LogP contribution < -0.4 is 0 Å². The number of ether oxygens (including phenoxy) is 2. The van der Waals surface area contributed by atoms with E-state index >= 15 is 0 Å². The molecule has 0 rings (SSSR count). The normalized spacial score (nSPS) is 14.8. The number of carbonyl (C=O) groups excluding carboxylic acids is 2. The second-order valence-corrected chi connectivity index (χ2v) is 10.2. The Morgan fingerprint density at radius 2 is 1.08 bits per heavy atom. The van der Waals surface area contributed by atoms with Crippen LogP contribution in [0.2, 0.25) is 0 Å². The van der Waals surface area contributed by atoms with Gasteiger partial charge in [-0.2, -0.15) is 0 Å². The molecule has 0 saturated carbocycles. The molecule has 0 bridgehead atoms. The predicted octanol–water partition coefficient (Wildman–Crippen LogP) is 4.36. The molecule has 0 radical (unpaired) electrons. The summed E-state index contributed by atoms with van der Waals surface area (Å²) in [4.78, 5) is 23.6. The van der Waals surface area contributed by atoms with Gasteiger partial charge in [0.15, 0.2) is 0 Å². The SMILES string of the molecule is C[C@@H](CC(=O)OCC(O)COC(=O)C[C@H](C)CC(C)(C)C)CC(C)(C)C. The van der Waals surface area contributed by atoms with E-state index in [1.807, 2.05) is 13.8 Å². The third-order valence-corrected chi connectivity index (χ3v) is 3.83. The summed E-state index contributed by atoms with van der Waals surface area (Å²) in [6, 6.07) is 0. The van der Waals surface area contributed by atoms with Crippen molar-refractivity contribution in [1.29, 1.82) is 0 Å². The number of hydrogen-bond acceptors (Lipinski definition) is 5. The molecule has 0 saturated heterocycles. The Balaban J connectivity index is 3.99. The fourth-order valence-electron chi connectivity index (χ4n) is 3.35. The molecule has 5 heteroatoms. The molecule has 0 amide bonds. The lowest BCUT2D eigenvalue weighted by molar-refractivity contribution is -0.153. The van der Waals surface area contributed by atoms with Gasteiger partial charge in [0, 0.05) is 12.8 Å². The Bertz CT molecular complexity index is 391. The van der Waals surface area contributed by atoms with Crippen molar-refractivity contribution >= 4 is 11.9 Å². The number of hydrogen-bond donors (Lipinski definition) is 1. The molecule has 0 aromatic heterocycles. The van der Waals surface area contributed by atoms with E-state index in [1.165, 1.54) is 0 Å². The van der Waals surface area contributed by atoms with Crippen molar-refractivity contribution in [2.75, 3.05) is 13.2 Å². The molecule has 1 N–H and O–H groups in total. The minimum atomic E-state index is -0.987. The van der Waals surface area contributed by atoms with E-state index in [0.717, 1.165) is 12.8 Å². The molecule has 0 aliphatic heterocycles. The van der Waals surface area contributed by atoms with E-state index in [1.54, 1.807) is 0 Å². The molecule has 0 spiro atoms. The highest BCUT2D eigenvalue weighted by Gasteiger charge is 2.21. The minimum Gasteiger partial charge on any atom is -0.463 e. The topological polar surface area (TPSA) is 72.8 Å². The zero-order chi connectivity index (χ0) is 20.5. The summed E-state index contributed by atoms with van der Waals surface area (Å²) in [6.07, 6.45) is 1.52. The lowest BCUT2D eigenvalue weighted by atomic mass is 9.84. The summed E-state index contributed by atoms with van der Waals surface area (Å²) in [7, 11) is 0. The van der Waals surface area contributed by atoms with Crippen molar-refractivity contribution in [2.24, 2.45) is 22.7 Å². The lowest BCUT2D eigenvalue weighted by Gasteiger charge is -2.23. The Kier molecular flexibility index (Phi) is 10.4. The first-order valence-electron chi connectivity index (χ1n) is 9.67. The smallest absolute Gasteiger partial charge is 0.306 e. The van der Waals surface area contributed by atoms with Crippen LogP contribution in [0.1, 0.15) is 81.1 Å². The quantitative estimate of drug-likeness (QED) is 0.577. The molecule has 0 aromatic carbocycles. The molecule has 26 heavy (non-hydrogen) atoms. The average molecular weight is 373 g/mol. The van der Waals surface area contributed by atoms with Crippen LogP contribution >= 0.6 is 0 Å². The molecule has 0 unspecified atom stereocenters. The number of esters is 2. The van der Waals surface area contributed by atoms with Crippen molar-refractivity contribution < 1.29 is 24.2 Å². The van der Waals surface area contributed by atoms with Gasteiger partial charge < -0.3 is 14.6 Å². The predicted molar refractivity (Wildman–Crippen MR) is 104 cm³/mol. The zero-order valence-corrected chi connectivity index (χ0v) is 18.1. The minimum absolute atomic E-state index is 0.147. The van der Waals surface area contributed by atoms with E-state index in [4.69, 9.17) is 9.47 Å². The third-order valence-electron chi connectivity index (χ3n) is 3.83. The lowest BCUT2D eigenvalue weighted by Crippen LogP contribution is -2.26.